The maximum atomic E-state index is 10.8. The van der Waals surface area contributed by atoms with Crippen LogP contribution in [0, 0.1) is 0 Å². The smallest absolute Gasteiger partial charge is 0.312 e. The first-order chi connectivity index (χ1) is 13.0. The minimum absolute atomic E-state index is 0.271. The average Bonchev–Trinajstić information content (AvgIpc) is 3.11. The number of para-hydroxylation sites is 1. The fourth-order valence-electron chi connectivity index (χ4n) is 3.21. The van der Waals surface area contributed by atoms with Gasteiger partial charge in [-0.15, -0.1) is 0 Å². The first kappa shape index (κ1) is 19.0. The third-order valence-corrected chi connectivity index (χ3v) is 4.70. The van der Waals surface area contributed by atoms with Gasteiger partial charge in [-0.1, -0.05) is 12.1 Å². The van der Waals surface area contributed by atoms with Gasteiger partial charge in [0.25, 0.3) is 0 Å². The Balaban J connectivity index is 1.68. The van der Waals surface area contributed by atoms with Crippen molar-refractivity contribution < 1.29 is 14.3 Å². The van der Waals surface area contributed by atoms with Crippen molar-refractivity contribution in [2.24, 2.45) is 5.73 Å². The van der Waals surface area contributed by atoms with Gasteiger partial charge < -0.3 is 25.4 Å². The molecule has 3 rings (SSSR count). The van der Waals surface area contributed by atoms with Crippen LogP contribution in [0.2, 0.25) is 0 Å². The van der Waals surface area contributed by atoms with Gasteiger partial charge in [0.15, 0.2) is 11.5 Å². The molecular weight excluding hydrogens is 344 g/mol. The molecule has 1 aliphatic heterocycles. The first-order valence-electron chi connectivity index (χ1n) is 9.04. The summed E-state index contributed by atoms with van der Waals surface area (Å²) in [6, 6.07) is 9.84. The molecule has 0 fully saturated rings. The van der Waals surface area contributed by atoms with Crippen molar-refractivity contribution in [3.8, 4) is 11.5 Å². The number of aromatic nitrogens is 1. The number of primary amides is 1. The van der Waals surface area contributed by atoms with E-state index in [1.807, 2.05) is 24.4 Å². The minimum Gasteiger partial charge on any atom is -0.454 e. The molecule has 3 N–H and O–H groups in total. The van der Waals surface area contributed by atoms with E-state index in [-0.39, 0.29) is 12.8 Å². The number of benzene rings is 1. The van der Waals surface area contributed by atoms with Crippen LogP contribution in [0.15, 0.2) is 36.5 Å². The van der Waals surface area contributed by atoms with E-state index < -0.39 is 6.03 Å². The molecule has 1 unspecified atom stereocenters. The van der Waals surface area contributed by atoms with Crippen LogP contribution in [0.4, 0.5) is 4.79 Å². The molecule has 0 radical (unpaired) electrons. The molecule has 0 spiro atoms. The maximum Gasteiger partial charge on any atom is 0.312 e. The zero-order valence-corrected chi connectivity index (χ0v) is 15.8. The number of nitrogens with two attached hydrogens (primary N) is 1. The van der Waals surface area contributed by atoms with Crippen LogP contribution in [0.1, 0.15) is 16.8 Å². The molecule has 0 aliphatic carbocycles. The Bertz CT molecular complexity index is 795. The van der Waals surface area contributed by atoms with Gasteiger partial charge in [0.05, 0.1) is 0 Å². The predicted octanol–water partition coefficient (Wildman–Crippen LogP) is 1.74. The largest absolute Gasteiger partial charge is 0.454 e. The topological polar surface area (TPSA) is 89.7 Å². The lowest BCUT2D eigenvalue weighted by Gasteiger charge is -2.25. The number of nitrogens with zero attached hydrogens (tertiary/aromatic N) is 2. The Labute approximate surface area is 159 Å². The standard InChI is InChI=1S/C20H26N4O3/c1-24(2)17(11-15-4-3-5-18-19(15)27-13-26-18)12-16-10-14(6-8-22-16)7-9-23-20(21)25/h3-6,8,10,17H,7,9,11-13H2,1-2H3,(H3,21,23,25). The molecule has 7 heteroatoms. The number of amides is 2. The molecule has 2 heterocycles. The van der Waals surface area contributed by atoms with E-state index in [2.05, 4.69) is 41.4 Å². The second kappa shape index (κ2) is 8.73. The third-order valence-electron chi connectivity index (χ3n) is 4.70. The molecule has 1 aliphatic rings. The van der Waals surface area contributed by atoms with Crippen LogP contribution < -0.4 is 20.5 Å². The number of rotatable bonds is 8. The number of ether oxygens (including phenoxy) is 2. The summed E-state index contributed by atoms with van der Waals surface area (Å²) in [6.07, 6.45) is 4.20. The van der Waals surface area contributed by atoms with Crippen LogP contribution in [-0.4, -0.2) is 49.4 Å². The van der Waals surface area contributed by atoms with Gasteiger partial charge in [0.2, 0.25) is 6.79 Å². The molecule has 144 valence electrons. The van der Waals surface area contributed by atoms with Crippen LogP contribution >= 0.6 is 0 Å². The van der Waals surface area contributed by atoms with E-state index >= 15 is 0 Å². The summed E-state index contributed by atoms with van der Waals surface area (Å²) in [5.41, 5.74) is 8.41. The van der Waals surface area contributed by atoms with E-state index in [0.29, 0.717) is 6.54 Å². The quantitative estimate of drug-likeness (QED) is 0.739. The zero-order chi connectivity index (χ0) is 19.2. The molecule has 2 aromatic rings. The Morgan fingerprint density at radius 3 is 2.93 bits per heavy atom. The van der Waals surface area contributed by atoms with Crippen molar-refractivity contribution in [2.45, 2.75) is 25.3 Å². The van der Waals surface area contributed by atoms with Crippen LogP contribution in [0.5, 0.6) is 11.5 Å². The van der Waals surface area contributed by atoms with Gasteiger partial charge in [-0.2, -0.15) is 0 Å². The highest BCUT2D eigenvalue weighted by atomic mass is 16.7. The highest BCUT2D eigenvalue weighted by molar-refractivity contribution is 5.71. The Morgan fingerprint density at radius 1 is 1.30 bits per heavy atom. The number of likely N-dealkylation sites (N-methyl/N-ethyl adjacent to an activating group) is 1. The average molecular weight is 370 g/mol. The molecule has 2 amide bonds. The lowest BCUT2D eigenvalue weighted by Crippen LogP contribution is -2.32. The fraction of sp³-hybridized carbons (Fsp3) is 0.400. The molecule has 0 saturated heterocycles. The van der Waals surface area contributed by atoms with E-state index in [9.17, 15) is 4.79 Å². The summed E-state index contributed by atoms with van der Waals surface area (Å²) in [5, 5.41) is 2.61. The molecule has 27 heavy (non-hydrogen) atoms. The van der Waals surface area contributed by atoms with Gasteiger partial charge in [-0.25, -0.2) is 4.79 Å². The van der Waals surface area contributed by atoms with Gasteiger partial charge in [0, 0.05) is 30.9 Å². The monoisotopic (exact) mass is 370 g/mol. The normalized spacial score (nSPS) is 13.6. The molecule has 0 bridgehead atoms. The number of hydrogen-bond acceptors (Lipinski definition) is 5. The number of carbonyl (C=O) groups excluding carboxylic acids is 1. The van der Waals surface area contributed by atoms with Crippen LogP contribution in [0.3, 0.4) is 0 Å². The number of hydrogen-bond donors (Lipinski definition) is 2. The second-order valence-electron chi connectivity index (χ2n) is 6.87. The van der Waals surface area contributed by atoms with E-state index in [4.69, 9.17) is 15.2 Å². The second-order valence-corrected chi connectivity index (χ2v) is 6.87. The highest BCUT2D eigenvalue weighted by Gasteiger charge is 2.21. The van der Waals surface area contributed by atoms with Crippen molar-refractivity contribution in [3.63, 3.8) is 0 Å². The molecule has 1 aromatic heterocycles. The summed E-state index contributed by atoms with van der Waals surface area (Å²) in [5.74, 6) is 1.66. The lowest BCUT2D eigenvalue weighted by atomic mass is 9.98. The van der Waals surface area contributed by atoms with Gasteiger partial charge in [0.1, 0.15) is 0 Å². The number of pyridine rings is 1. The van der Waals surface area contributed by atoms with Crippen molar-refractivity contribution in [1.29, 1.82) is 0 Å². The van der Waals surface area contributed by atoms with Crippen LogP contribution in [-0.2, 0) is 19.3 Å². The number of nitrogens with one attached hydrogen (secondary N) is 1. The number of fused-ring (bicyclic) bond motifs is 1. The van der Waals surface area contributed by atoms with E-state index in [1.54, 1.807) is 0 Å². The summed E-state index contributed by atoms with van der Waals surface area (Å²) in [7, 11) is 4.15. The highest BCUT2D eigenvalue weighted by Crippen LogP contribution is 2.36. The summed E-state index contributed by atoms with van der Waals surface area (Å²) in [4.78, 5) is 17.5. The summed E-state index contributed by atoms with van der Waals surface area (Å²) < 4.78 is 11.1. The molecule has 0 saturated carbocycles. The van der Waals surface area contributed by atoms with E-state index in [1.165, 1.54) is 0 Å². The Kier molecular flexibility index (Phi) is 6.13. The summed E-state index contributed by atoms with van der Waals surface area (Å²) >= 11 is 0. The maximum absolute atomic E-state index is 10.8. The first-order valence-corrected chi connectivity index (χ1v) is 9.04. The zero-order valence-electron chi connectivity index (χ0n) is 15.8. The summed E-state index contributed by atoms with van der Waals surface area (Å²) in [6.45, 7) is 0.797. The van der Waals surface area contributed by atoms with Crippen LogP contribution in [0.25, 0.3) is 0 Å². The van der Waals surface area contributed by atoms with E-state index in [0.717, 1.165) is 47.6 Å². The van der Waals surface area contributed by atoms with Gasteiger partial charge >= 0.3 is 6.03 Å². The minimum atomic E-state index is -0.501. The molecule has 1 atom stereocenters. The lowest BCUT2D eigenvalue weighted by molar-refractivity contribution is 0.172. The number of carbonyl (C=O) groups is 1. The van der Waals surface area contributed by atoms with Crippen molar-refractivity contribution in [3.05, 3.63) is 53.3 Å². The van der Waals surface area contributed by atoms with Gasteiger partial charge in [-0.05, 0) is 56.3 Å². The van der Waals surface area contributed by atoms with Crippen molar-refractivity contribution >= 4 is 6.03 Å². The molecule has 7 nitrogen and oxygen atoms in total. The Hall–Kier alpha value is -2.80. The Morgan fingerprint density at radius 2 is 2.15 bits per heavy atom. The molecular formula is C20H26N4O3. The SMILES string of the molecule is CN(C)C(Cc1cc(CCNC(N)=O)ccn1)Cc1cccc2c1OCO2. The number of urea groups is 1. The predicted molar refractivity (Wildman–Crippen MR) is 103 cm³/mol. The fourth-order valence-corrected chi connectivity index (χ4v) is 3.21. The molecule has 1 aromatic carbocycles. The third kappa shape index (κ3) is 5.10. The van der Waals surface area contributed by atoms with Gasteiger partial charge in [-0.3, -0.25) is 4.98 Å². The van der Waals surface area contributed by atoms with Crippen molar-refractivity contribution in [1.82, 2.24) is 15.2 Å². The van der Waals surface area contributed by atoms with Crippen molar-refractivity contribution in [2.75, 3.05) is 27.4 Å².